The van der Waals surface area contributed by atoms with Crippen molar-refractivity contribution in [2.45, 2.75) is 47.1 Å². The number of nitrogens with zero attached hydrogens (tertiary/aromatic N) is 2. The van der Waals surface area contributed by atoms with Crippen molar-refractivity contribution in [2.24, 2.45) is 18.9 Å². The normalized spacial score (nSPS) is 13.6. The standard InChI is InChI=1S/C14H27N3/c1-10(2)13(9-15-11(3)4)8-14-7-12(5)16-17(14)6/h7,10-11,13,15H,8-9H2,1-6H3. The van der Waals surface area contributed by atoms with Gasteiger partial charge in [-0.3, -0.25) is 4.68 Å². The van der Waals surface area contributed by atoms with Gasteiger partial charge in [0.2, 0.25) is 0 Å². The lowest BCUT2D eigenvalue weighted by Crippen LogP contribution is -2.32. The maximum Gasteiger partial charge on any atom is 0.0596 e. The molecular weight excluding hydrogens is 210 g/mol. The highest BCUT2D eigenvalue weighted by molar-refractivity contribution is 5.09. The Hall–Kier alpha value is -0.830. The molecule has 0 spiro atoms. The van der Waals surface area contributed by atoms with Crippen LogP contribution in [-0.4, -0.2) is 22.4 Å². The Labute approximate surface area is 106 Å². The fourth-order valence-corrected chi connectivity index (χ4v) is 2.05. The molecule has 0 amide bonds. The molecule has 0 aliphatic heterocycles. The molecule has 1 N–H and O–H groups in total. The van der Waals surface area contributed by atoms with Crippen LogP contribution in [0.15, 0.2) is 6.07 Å². The van der Waals surface area contributed by atoms with Crippen molar-refractivity contribution in [1.82, 2.24) is 15.1 Å². The van der Waals surface area contributed by atoms with Gasteiger partial charge in [-0.2, -0.15) is 5.10 Å². The lowest BCUT2D eigenvalue weighted by Gasteiger charge is -2.22. The summed E-state index contributed by atoms with van der Waals surface area (Å²) in [5.41, 5.74) is 2.45. The summed E-state index contributed by atoms with van der Waals surface area (Å²) in [4.78, 5) is 0. The molecule has 0 saturated heterocycles. The lowest BCUT2D eigenvalue weighted by molar-refractivity contribution is 0.343. The van der Waals surface area contributed by atoms with Crippen LogP contribution >= 0.6 is 0 Å². The predicted octanol–water partition coefficient (Wildman–Crippen LogP) is 2.54. The van der Waals surface area contributed by atoms with Crippen molar-refractivity contribution in [3.63, 3.8) is 0 Å². The van der Waals surface area contributed by atoms with Gasteiger partial charge in [-0.15, -0.1) is 0 Å². The van der Waals surface area contributed by atoms with Gasteiger partial charge >= 0.3 is 0 Å². The summed E-state index contributed by atoms with van der Waals surface area (Å²) in [6.07, 6.45) is 1.11. The van der Waals surface area contributed by atoms with Crippen LogP contribution < -0.4 is 5.32 Å². The Morgan fingerprint density at radius 1 is 1.29 bits per heavy atom. The second-order valence-electron chi connectivity index (χ2n) is 5.67. The molecule has 1 aromatic heterocycles. The third-order valence-corrected chi connectivity index (χ3v) is 3.30. The molecular formula is C14H27N3. The Balaban J connectivity index is 2.63. The first-order valence-electron chi connectivity index (χ1n) is 6.63. The fraction of sp³-hybridized carbons (Fsp3) is 0.786. The SMILES string of the molecule is Cc1cc(CC(CNC(C)C)C(C)C)n(C)n1. The van der Waals surface area contributed by atoms with Crippen LogP contribution in [0.2, 0.25) is 0 Å². The second kappa shape index (κ2) is 6.20. The van der Waals surface area contributed by atoms with Crippen LogP contribution in [0.4, 0.5) is 0 Å². The summed E-state index contributed by atoms with van der Waals surface area (Å²) in [5.74, 6) is 1.36. The van der Waals surface area contributed by atoms with Gasteiger partial charge in [0, 0.05) is 18.8 Å². The Kier molecular flexibility index (Phi) is 5.19. The van der Waals surface area contributed by atoms with Gasteiger partial charge in [0.05, 0.1) is 5.69 Å². The van der Waals surface area contributed by atoms with E-state index in [0.717, 1.165) is 18.7 Å². The van der Waals surface area contributed by atoms with E-state index in [1.807, 2.05) is 11.7 Å². The molecule has 0 fully saturated rings. The minimum absolute atomic E-state index is 0.560. The zero-order chi connectivity index (χ0) is 13.0. The van der Waals surface area contributed by atoms with Crippen molar-refractivity contribution in [2.75, 3.05) is 6.54 Å². The van der Waals surface area contributed by atoms with Crippen LogP contribution in [0.25, 0.3) is 0 Å². The van der Waals surface area contributed by atoms with E-state index >= 15 is 0 Å². The van der Waals surface area contributed by atoms with Crippen LogP contribution in [0.3, 0.4) is 0 Å². The molecule has 0 aromatic carbocycles. The minimum Gasteiger partial charge on any atom is -0.314 e. The quantitative estimate of drug-likeness (QED) is 0.824. The number of rotatable bonds is 6. The highest BCUT2D eigenvalue weighted by Crippen LogP contribution is 2.17. The molecule has 17 heavy (non-hydrogen) atoms. The summed E-state index contributed by atoms with van der Waals surface area (Å²) < 4.78 is 2.01. The third-order valence-electron chi connectivity index (χ3n) is 3.30. The van der Waals surface area contributed by atoms with Crippen molar-refractivity contribution < 1.29 is 0 Å². The Bertz CT molecular complexity index is 339. The smallest absolute Gasteiger partial charge is 0.0596 e. The molecule has 0 aliphatic rings. The van der Waals surface area contributed by atoms with E-state index in [0.29, 0.717) is 17.9 Å². The van der Waals surface area contributed by atoms with Crippen LogP contribution in [0.5, 0.6) is 0 Å². The summed E-state index contributed by atoms with van der Waals surface area (Å²) in [6.45, 7) is 12.1. The number of aryl methyl sites for hydroxylation is 2. The second-order valence-corrected chi connectivity index (χ2v) is 5.67. The molecule has 1 unspecified atom stereocenters. The maximum atomic E-state index is 4.41. The summed E-state index contributed by atoms with van der Waals surface area (Å²) in [6, 6.07) is 2.76. The highest BCUT2D eigenvalue weighted by atomic mass is 15.3. The highest BCUT2D eigenvalue weighted by Gasteiger charge is 2.16. The van der Waals surface area contributed by atoms with E-state index < -0.39 is 0 Å². The molecule has 3 nitrogen and oxygen atoms in total. The van der Waals surface area contributed by atoms with Crippen LogP contribution in [-0.2, 0) is 13.5 Å². The molecule has 0 radical (unpaired) electrons. The molecule has 0 aliphatic carbocycles. The number of nitrogens with one attached hydrogen (secondary N) is 1. The molecule has 3 heteroatoms. The van der Waals surface area contributed by atoms with E-state index in [9.17, 15) is 0 Å². The van der Waals surface area contributed by atoms with Gasteiger partial charge in [-0.1, -0.05) is 27.7 Å². The first-order chi connectivity index (χ1) is 7.90. The third kappa shape index (κ3) is 4.50. The predicted molar refractivity (Wildman–Crippen MR) is 73.1 cm³/mol. The van der Waals surface area contributed by atoms with Crippen molar-refractivity contribution >= 4 is 0 Å². The summed E-state index contributed by atoms with van der Waals surface area (Å²) >= 11 is 0. The van der Waals surface area contributed by atoms with E-state index in [1.54, 1.807) is 0 Å². The van der Waals surface area contributed by atoms with Gasteiger partial charge in [0.1, 0.15) is 0 Å². The van der Waals surface area contributed by atoms with Gasteiger partial charge < -0.3 is 5.32 Å². The van der Waals surface area contributed by atoms with E-state index in [2.05, 4.69) is 51.1 Å². The largest absolute Gasteiger partial charge is 0.314 e. The average Bonchev–Trinajstić information content (AvgIpc) is 2.51. The topological polar surface area (TPSA) is 29.9 Å². The average molecular weight is 237 g/mol. The van der Waals surface area contributed by atoms with Crippen LogP contribution in [0, 0.1) is 18.8 Å². The van der Waals surface area contributed by atoms with E-state index in [4.69, 9.17) is 0 Å². The number of aromatic nitrogens is 2. The first kappa shape index (κ1) is 14.2. The zero-order valence-corrected chi connectivity index (χ0v) is 12.1. The van der Waals surface area contributed by atoms with Crippen LogP contribution in [0.1, 0.15) is 39.1 Å². The molecule has 1 aromatic rings. The van der Waals surface area contributed by atoms with Crippen molar-refractivity contribution in [3.8, 4) is 0 Å². The monoisotopic (exact) mass is 237 g/mol. The van der Waals surface area contributed by atoms with Crippen molar-refractivity contribution in [3.05, 3.63) is 17.5 Å². The molecule has 1 rings (SSSR count). The fourth-order valence-electron chi connectivity index (χ4n) is 2.05. The van der Waals surface area contributed by atoms with Gasteiger partial charge in [-0.05, 0) is 37.8 Å². The van der Waals surface area contributed by atoms with Gasteiger partial charge in [0.15, 0.2) is 0 Å². The molecule has 0 bridgehead atoms. The van der Waals surface area contributed by atoms with Gasteiger partial charge in [0.25, 0.3) is 0 Å². The zero-order valence-electron chi connectivity index (χ0n) is 12.1. The number of hydrogen-bond donors (Lipinski definition) is 1. The molecule has 98 valence electrons. The van der Waals surface area contributed by atoms with Gasteiger partial charge in [-0.25, -0.2) is 0 Å². The lowest BCUT2D eigenvalue weighted by atomic mass is 9.90. The first-order valence-corrected chi connectivity index (χ1v) is 6.63. The number of hydrogen-bond acceptors (Lipinski definition) is 2. The maximum absolute atomic E-state index is 4.41. The minimum atomic E-state index is 0.560. The molecule has 1 heterocycles. The summed E-state index contributed by atoms with van der Waals surface area (Å²) in [7, 11) is 2.04. The molecule has 0 saturated carbocycles. The molecule has 1 atom stereocenters. The van der Waals surface area contributed by atoms with Crippen molar-refractivity contribution in [1.29, 1.82) is 0 Å². The Morgan fingerprint density at radius 3 is 2.35 bits per heavy atom. The summed E-state index contributed by atoms with van der Waals surface area (Å²) in [5, 5.41) is 7.96. The Morgan fingerprint density at radius 2 is 1.94 bits per heavy atom. The van der Waals surface area contributed by atoms with E-state index in [1.165, 1.54) is 5.69 Å². The van der Waals surface area contributed by atoms with E-state index in [-0.39, 0.29) is 0 Å².